The van der Waals surface area contributed by atoms with E-state index in [9.17, 15) is 4.39 Å². The van der Waals surface area contributed by atoms with Crippen LogP contribution in [0.5, 0.6) is 0 Å². The van der Waals surface area contributed by atoms with E-state index in [4.69, 9.17) is 0 Å². The summed E-state index contributed by atoms with van der Waals surface area (Å²) in [6.07, 6.45) is 7.33. The predicted molar refractivity (Wildman–Crippen MR) is 84.9 cm³/mol. The highest BCUT2D eigenvalue weighted by molar-refractivity contribution is 5.18. The smallest absolute Gasteiger partial charge is 0.126 e. The zero-order valence-corrected chi connectivity index (χ0v) is 13.2. The topological polar surface area (TPSA) is 15.3 Å². The van der Waals surface area contributed by atoms with Crippen molar-refractivity contribution in [3.8, 4) is 0 Å². The van der Waals surface area contributed by atoms with E-state index in [1.807, 2.05) is 12.1 Å². The molecule has 2 saturated heterocycles. The second-order valence-corrected chi connectivity index (χ2v) is 6.94. The molecule has 3 unspecified atom stereocenters. The van der Waals surface area contributed by atoms with E-state index in [1.54, 1.807) is 12.1 Å². The van der Waals surface area contributed by atoms with E-state index >= 15 is 0 Å². The molecule has 0 amide bonds. The number of fused-ring (bicyclic) bond motifs is 2. The van der Waals surface area contributed by atoms with Crippen LogP contribution in [0.3, 0.4) is 0 Å². The lowest BCUT2D eigenvalue weighted by Gasteiger charge is -2.47. The Labute approximate surface area is 127 Å². The van der Waals surface area contributed by atoms with Crippen LogP contribution in [-0.2, 0) is 6.42 Å². The normalized spacial score (nSPS) is 31.1. The molecule has 2 fully saturated rings. The summed E-state index contributed by atoms with van der Waals surface area (Å²) in [4.78, 5) is 2.59. The molecule has 2 bridgehead atoms. The first-order chi connectivity index (χ1) is 10.1. The van der Waals surface area contributed by atoms with Gasteiger partial charge in [0.15, 0.2) is 0 Å². The number of piperidine rings is 2. The number of rotatable bonds is 4. The third-order valence-electron chi connectivity index (χ3n) is 5.34. The molecule has 3 heteroatoms. The minimum absolute atomic E-state index is 0.0774. The largest absolute Gasteiger partial charge is 0.311 e. The first kappa shape index (κ1) is 15.0. The first-order valence-electron chi connectivity index (χ1n) is 8.35. The van der Waals surface area contributed by atoms with Crippen molar-refractivity contribution < 1.29 is 4.39 Å². The lowest BCUT2D eigenvalue weighted by atomic mass is 9.82. The molecule has 1 aromatic rings. The van der Waals surface area contributed by atoms with Gasteiger partial charge in [-0.15, -0.1) is 0 Å². The molecule has 0 aliphatic carbocycles. The van der Waals surface area contributed by atoms with Crippen LogP contribution in [0.15, 0.2) is 24.3 Å². The number of hydrogen-bond acceptors (Lipinski definition) is 2. The summed E-state index contributed by atoms with van der Waals surface area (Å²) in [5.41, 5.74) is 0.825. The molecule has 2 aliphatic rings. The number of nitrogens with one attached hydrogen (secondary N) is 1. The van der Waals surface area contributed by atoms with Gasteiger partial charge < -0.3 is 10.2 Å². The maximum absolute atomic E-state index is 13.7. The lowest BCUT2D eigenvalue weighted by Crippen LogP contribution is -2.55. The van der Waals surface area contributed by atoms with Gasteiger partial charge in [-0.3, -0.25) is 0 Å². The van der Waals surface area contributed by atoms with Crippen LogP contribution >= 0.6 is 0 Å². The Morgan fingerprint density at radius 1 is 1.24 bits per heavy atom. The summed E-state index contributed by atoms with van der Waals surface area (Å²) in [5.74, 6) is -0.0774. The van der Waals surface area contributed by atoms with Crippen molar-refractivity contribution in [2.45, 2.75) is 69.6 Å². The Hall–Kier alpha value is -0.930. The van der Waals surface area contributed by atoms with Gasteiger partial charge in [0.05, 0.1) is 0 Å². The summed E-state index contributed by atoms with van der Waals surface area (Å²) >= 11 is 0. The molecule has 1 aromatic carbocycles. The van der Waals surface area contributed by atoms with Crippen LogP contribution in [0.2, 0.25) is 0 Å². The second kappa shape index (κ2) is 6.45. The van der Waals surface area contributed by atoms with Crippen molar-refractivity contribution in [3.05, 3.63) is 35.6 Å². The Balaban J connectivity index is 1.56. The molecule has 1 N–H and O–H groups in total. The Morgan fingerprint density at radius 2 is 1.90 bits per heavy atom. The van der Waals surface area contributed by atoms with E-state index < -0.39 is 0 Å². The number of halogens is 1. The summed E-state index contributed by atoms with van der Waals surface area (Å²) in [5, 5.41) is 3.75. The number of benzene rings is 1. The molecule has 2 heterocycles. The van der Waals surface area contributed by atoms with Crippen LogP contribution < -0.4 is 5.32 Å². The zero-order valence-electron chi connectivity index (χ0n) is 13.2. The summed E-state index contributed by atoms with van der Waals surface area (Å²) in [7, 11) is 2.29. The molecule has 2 aliphatic heterocycles. The number of nitrogens with zero attached hydrogens (tertiary/aromatic N) is 1. The highest BCUT2D eigenvalue weighted by Gasteiger charge is 2.36. The predicted octanol–water partition coefficient (Wildman–Crippen LogP) is 3.36. The molecule has 21 heavy (non-hydrogen) atoms. The van der Waals surface area contributed by atoms with Crippen LogP contribution in [-0.4, -0.2) is 36.1 Å². The van der Waals surface area contributed by atoms with Crippen molar-refractivity contribution >= 4 is 0 Å². The van der Waals surface area contributed by atoms with E-state index in [1.165, 1.54) is 32.1 Å². The maximum atomic E-state index is 13.7. The Bertz CT molecular complexity index is 462. The summed E-state index contributed by atoms with van der Waals surface area (Å²) < 4.78 is 13.7. The van der Waals surface area contributed by atoms with Gasteiger partial charge in [-0.2, -0.15) is 0 Å². The van der Waals surface area contributed by atoms with Gasteiger partial charge in [0.25, 0.3) is 0 Å². The fourth-order valence-electron chi connectivity index (χ4n) is 4.21. The average Bonchev–Trinajstić information content (AvgIpc) is 2.42. The molecular weight excluding hydrogens is 263 g/mol. The van der Waals surface area contributed by atoms with Crippen molar-refractivity contribution in [3.63, 3.8) is 0 Å². The lowest BCUT2D eigenvalue weighted by molar-refractivity contribution is 0.0463. The molecule has 2 nitrogen and oxygen atoms in total. The van der Waals surface area contributed by atoms with Gasteiger partial charge in [0, 0.05) is 24.2 Å². The van der Waals surface area contributed by atoms with E-state index in [0.717, 1.165) is 24.1 Å². The zero-order chi connectivity index (χ0) is 14.8. The third kappa shape index (κ3) is 3.46. The molecule has 0 saturated carbocycles. The molecular formula is C18H27FN2. The fraction of sp³-hybridized carbons (Fsp3) is 0.667. The van der Waals surface area contributed by atoms with Gasteiger partial charge in [0.1, 0.15) is 5.82 Å². The van der Waals surface area contributed by atoms with Crippen LogP contribution in [0.1, 0.15) is 44.6 Å². The molecule has 0 radical (unpaired) electrons. The first-order valence-corrected chi connectivity index (χ1v) is 8.35. The minimum Gasteiger partial charge on any atom is -0.311 e. The molecule has 116 valence electrons. The monoisotopic (exact) mass is 290 g/mol. The average molecular weight is 290 g/mol. The SMILES string of the molecule is CC(Cc1ccccc1F)NC1CC2CCCC(C1)N2C. The van der Waals surface area contributed by atoms with Gasteiger partial charge in [-0.25, -0.2) is 4.39 Å². The Kier molecular flexibility index (Phi) is 4.60. The summed E-state index contributed by atoms with van der Waals surface area (Å²) in [6.45, 7) is 2.18. The van der Waals surface area contributed by atoms with E-state index in [0.29, 0.717) is 12.1 Å². The standard InChI is InChI=1S/C18H27FN2/c1-13(10-14-6-3-4-9-18(14)19)20-15-11-16-7-5-8-17(12-15)21(16)2/h3-4,6,9,13,15-17,20H,5,7-8,10-12H2,1-2H3. The van der Waals surface area contributed by atoms with Crippen LogP contribution in [0, 0.1) is 5.82 Å². The van der Waals surface area contributed by atoms with Crippen molar-refractivity contribution in [2.24, 2.45) is 0 Å². The summed E-state index contributed by atoms with van der Waals surface area (Å²) in [6, 6.07) is 9.56. The molecule has 0 aromatic heterocycles. The highest BCUT2D eigenvalue weighted by atomic mass is 19.1. The van der Waals surface area contributed by atoms with Gasteiger partial charge in [-0.1, -0.05) is 24.6 Å². The van der Waals surface area contributed by atoms with E-state index in [2.05, 4.69) is 24.2 Å². The maximum Gasteiger partial charge on any atom is 0.126 e. The van der Waals surface area contributed by atoms with E-state index in [-0.39, 0.29) is 5.82 Å². The minimum atomic E-state index is -0.0774. The van der Waals surface area contributed by atoms with Crippen LogP contribution in [0.4, 0.5) is 4.39 Å². The Morgan fingerprint density at radius 3 is 2.57 bits per heavy atom. The van der Waals surface area contributed by atoms with Crippen LogP contribution in [0.25, 0.3) is 0 Å². The number of hydrogen-bond donors (Lipinski definition) is 1. The van der Waals surface area contributed by atoms with Gasteiger partial charge in [-0.05, 0) is 57.7 Å². The fourth-order valence-corrected chi connectivity index (χ4v) is 4.21. The van der Waals surface area contributed by atoms with Crippen molar-refractivity contribution in [1.29, 1.82) is 0 Å². The van der Waals surface area contributed by atoms with Crippen molar-refractivity contribution in [1.82, 2.24) is 10.2 Å². The van der Waals surface area contributed by atoms with Gasteiger partial charge >= 0.3 is 0 Å². The van der Waals surface area contributed by atoms with Gasteiger partial charge in [0.2, 0.25) is 0 Å². The molecule has 3 atom stereocenters. The molecule has 3 rings (SSSR count). The molecule has 0 spiro atoms. The highest BCUT2D eigenvalue weighted by Crippen LogP contribution is 2.32. The second-order valence-electron chi connectivity index (χ2n) is 6.94. The quantitative estimate of drug-likeness (QED) is 0.914. The third-order valence-corrected chi connectivity index (χ3v) is 5.34. The van der Waals surface area contributed by atoms with Crippen molar-refractivity contribution in [2.75, 3.05) is 7.05 Å².